The van der Waals surface area contributed by atoms with Gasteiger partial charge in [0.25, 0.3) is 0 Å². The van der Waals surface area contributed by atoms with Crippen LogP contribution in [0.4, 0.5) is 5.69 Å². The van der Waals surface area contributed by atoms with Gasteiger partial charge in [-0.15, -0.1) is 0 Å². The van der Waals surface area contributed by atoms with Gasteiger partial charge in [-0.1, -0.05) is 18.2 Å². The van der Waals surface area contributed by atoms with E-state index in [-0.39, 0.29) is 0 Å². The Kier molecular flexibility index (Phi) is 2.21. The van der Waals surface area contributed by atoms with E-state index in [1.54, 1.807) is 0 Å². The number of rotatable bonds is 4. The van der Waals surface area contributed by atoms with Crippen LogP contribution in [-0.2, 0) is 0 Å². The predicted octanol–water partition coefficient (Wildman–Crippen LogP) is 2.21. The third-order valence-electron chi connectivity index (χ3n) is 3.42. The molecule has 4 nitrogen and oxygen atoms in total. The van der Waals surface area contributed by atoms with Crippen molar-refractivity contribution >= 4 is 13.2 Å². The van der Waals surface area contributed by atoms with Gasteiger partial charge in [0, 0.05) is 39.3 Å². The Bertz CT molecular complexity index is 436. The molecule has 3 aliphatic heterocycles. The summed E-state index contributed by atoms with van der Waals surface area (Å²) in [7, 11) is -1.48. The minimum atomic E-state index is -1.48. The normalized spacial score (nSPS) is 24.7. The van der Waals surface area contributed by atoms with Crippen molar-refractivity contribution in [2.24, 2.45) is 4.74 Å². The predicted molar refractivity (Wildman–Crippen MR) is 70.2 cm³/mol. The van der Waals surface area contributed by atoms with E-state index in [0.717, 1.165) is 5.69 Å². The maximum Gasteiger partial charge on any atom is 0.173 e. The summed E-state index contributed by atoms with van der Waals surface area (Å²) in [5, 5.41) is 0. The molecular weight excluding hydrogens is 231 g/mol. The minimum Gasteiger partial charge on any atom is -0.243 e. The molecule has 1 aromatic rings. The quantitative estimate of drug-likeness (QED) is 0.602. The van der Waals surface area contributed by atoms with Crippen LogP contribution < -0.4 is 0 Å². The fourth-order valence-electron chi connectivity index (χ4n) is 2.32. The van der Waals surface area contributed by atoms with Gasteiger partial charge in [-0.05, 0) is 12.1 Å². The van der Waals surface area contributed by atoms with E-state index < -0.39 is 7.51 Å². The van der Waals surface area contributed by atoms with Gasteiger partial charge in [-0.2, -0.15) is 0 Å². The molecule has 3 fully saturated rings. The van der Waals surface area contributed by atoms with Crippen LogP contribution in [0.2, 0.25) is 0 Å². The molecule has 90 valence electrons. The molecule has 0 amide bonds. The second-order valence-corrected chi connectivity index (χ2v) is 7.80. The van der Waals surface area contributed by atoms with E-state index in [1.165, 1.54) is 39.3 Å². The van der Waals surface area contributed by atoms with Crippen molar-refractivity contribution in [2.45, 2.75) is 0 Å². The summed E-state index contributed by atoms with van der Waals surface area (Å²) in [5.41, 5.74) is 1.14. The van der Waals surface area contributed by atoms with Gasteiger partial charge in [0.1, 0.15) is 0 Å². The molecule has 0 unspecified atom stereocenters. The van der Waals surface area contributed by atoms with Gasteiger partial charge in [-0.25, -0.2) is 18.8 Å². The molecule has 0 N–H and O–H groups in total. The van der Waals surface area contributed by atoms with Gasteiger partial charge in [0.15, 0.2) is 7.51 Å². The van der Waals surface area contributed by atoms with Gasteiger partial charge in [0.05, 0.1) is 5.69 Å². The highest BCUT2D eigenvalue weighted by molar-refractivity contribution is 7.60. The standard InChI is InChI=1S/C12H17N4P/c1-2-4-12(5-3-1)13-17(14-6-7-14,15-8-9-15)16-10-11-16/h1-5H,6-11H2. The monoisotopic (exact) mass is 248 g/mol. The summed E-state index contributed by atoms with van der Waals surface area (Å²) in [6.45, 7) is 7.40. The van der Waals surface area contributed by atoms with Gasteiger partial charge >= 0.3 is 0 Å². The molecule has 0 bridgehead atoms. The lowest BCUT2D eigenvalue weighted by molar-refractivity contribution is 0.679. The fourth-order valence-corrected chi connectivity index (χ4v) is 6.09. The van der Waals surface area contributed by atoms with Crippen molar-refractivity contribution in [2.75, 3.05) is 39.3 Å². The molecule has 1 aromatic carbocycles. The van der Waals surface area contributed by atoms with Crippen molar-refractivity contribution in [1.29, 1.82) is 0 Å². The first kappa shape index (κ1) is 10.3. The second-order valence-electron chi connectivity index (χ2n) is 4.83. The Labute approximate surface area is 102 Å². The first-order chi connectivity index (χ1) is 8.39. The summed E-state index contributed by atoms with van der Waals surface area (Å²) in [6.07, 6.45) is 0. The molecule has 3 saturated heterocycles. The molecule has 0 saturated carbocycles. The Balaban J connectivity index is 1.81. The zero-order valence-corrected chi connectivity index (χ0v) is 10.8. The number of hydrogen-bond acceptors (Lipinski definition) is 1. The largest absolute Gasteiger partial charge is 0.243 e. The maximum atomic E-state index is 5.16. The summed E-state index contributed by atoms with van der Waals surface area (Å²) in [4.78, 5) is 0. The van der Waals surface area contributed by atoms with Crippen molar-refractivity contribution in [3.8, 4) is 0 Å². The van der Waals surface area contributed by atoms with Crippen molar-refractivity contribution in [3.63, 3.8) is 0 Å². The van der Waals surface area contributed by atoms with E-state index in [4.69, 9.17) is 4.74 Å². The van der Waals surface area contributed by atoms with E-state index >= 15 is 0 Å². The van der Waals surface area contributed by atoms with Crippen molar-refractivity contribution < 1.29 is 0 Å². The topological polar surface area (TPSA) is 21.4 Å². The minimum absolute atomic E-state index is 1.14. The van der Waals surface area contributed by atoms with Crippen LogP contribution in [0.5, 0.6) is 0 Å². The van der Waals surface area contributed by atoms with Crippen LogP contribution in [0.15, 0.2) is 35.1 Å². The highest BCUT2D eigenvalue weighted by atomic mass is 31.2. The van der Waals surface area contributed by atoms with Crippen LogP contribution in [0.3, 0.4) is 0 Å². The lowest BCUT2D eigenvalue weighted by Crippen LogP contribution is -2.12. The Hall–Kier alpha value is -0.670. The van der Waals surface area contributed by atoms with Crippen molar-refractivity contribution in [3.05, 3.63) is 30.3 Å². The maximum absolute atomic E-state index is 5.16. The molecule has 5 heteroatoms. The van der Waals surface area contributed by atoms with Crippen LogP contribution in [0.1, 0.15) is 0 Å². The summed E-state index contributed by atoms with van der Waals surface area (Å²) >= 11 is 0. The molecule has 0 atom stereocenters. The first-order valence-electron chi connectivity index (χ1n) is 6.33. The van der Waals surface area contributed by atoms with Crippen LogP contribution in [0.25, 0.3) is 0 Å². The van der Waals surface area contributed by atoms with Gasteiger partial charge in [-0.3, -0.25) is 0 Å². The fraction of sp³-hybridized carbons (Fsp3) is 0.500. The lowest BCUT2D eigenvalue weighted by Gasteiger charge is -2.28. The second kappa shape index (κ2) is 3.66. The third kappa shape index (κ3) is 1.76. The number of nitrogens with zero attached hydrogens (tertiary/aromatic N) is 4. The smallest absolute Gasteiger partial charge is 0.173 e. The number of hydrogen-bond donors (Lipinski definition) is 0. The highest BCUT2D eigenvalue weighted by Crippen LogP contribution is 2.69. The van der Waals surface area contributed by atoms with E-state index in [0.29, 0.717) is 0 Å². The van der Waals surface area contributed by atoms with E-state index in [1.807, 2.05) is 0 Å². The average Bonchev–Trinajstić information content (AvgIpc) is 3.21. The zero-order valence-electron chi connectivity index (χ0n) is 9.87. The van der Waals surface area contributed by atoms with Crippen LogP contribution in [-0.4, -0.2) is 53.3 Å². The molecule has 17 heavy (non-hydrogen) atoms. The van der Waals surface area contributed by atoms with Crippen LogP contribution >= 0.6 is 7.51 Å². The van der Waals surface area contributed by atoms with Gasteiger partial charge < -0.3 is 0 Å². The molecule has 3 aliphatic rings. The molecule has 0 aliphatic carbocycles. The molecule has 4 rings (SSSR count). The average molecular weight is 248 g/mol. The van der Waals surface area contributed by atoms with Crippen LogP contribution in [0, 0.1) is 0 Å². The molecular formula is C12H17N4P. The first-order valence-corrected chi connectivity index (χ1v) is 7.93. The van der Waals surface area contributed by atoms with E-state index in [9.17, 15) is 0 Å². The van der Waals surface area contributed by atoms with Gasteiger partial charge in [0.2, 0.25) is 0 Å². The number of benzene rings is 1. The Morgan fingerprint density at radius 3 is 1.65 bits per heavy atom. The highest BCUT2D eigenvalue weighted by Gasteiger charge is 2.52. The zero-order chi connectivity index (χ0) is 11.3. The molecule has 3 heterocycles. The molecule has 0 aromatic heterocycles. The molecule has 0 radical (unpaired) electrons. The Morgan fingerprint density at radius 2 is 1.24 bits per heavy atom. The Morgan fingerprint density at radius 1 is 0.765 bits per heavy atom. The lowest BCUT2D eigenvalue weighted by atomic mass is 10.3. The van der Waals surface area contributed by atoms with Crippen molar-refractivity contribution in [1.82, 2.24) is 14.0 Å². The summed E-state index contributed by atoms with van der Waals surface area (Å²) < 4.78 is 12.9. The SMILES string of the molecule is c1ccc(N=P(N2CC2)(N2CC2)N2CC2)cc1. The molecule has 0 spiro atoms. The van der Waals surface area contributed by atoms with E-state index in [2.05, 4.69) is 44.3 Å². The summed E-state index contributed by atoms with van der Waals surface area (Å²) in [6, 6.07) is 10.5. The third-order valence-corrected chi connectivity index (χ3v) is 7.39. The summed E-state index contributed by atoms with van der Waals surface area (Å²) in [5.74, 6) is 0.